The molecule has 1 aliphatic carbocycles. The molecule has 1 fully saturated rings. The minimum atomic E-state index is -0.205. The second-order valence-corrected chi connectivity index (χ2v) is 8.73. The van der Waals surface area contributed by atoms with Gasteiger partial charge in [0.15, 0.2) is 0 Å². The van der Waals surface area contributed by atoms with Gasteiger partial charge in [-0.25, -0.2) is 4.39 Å². The standard InChI is InChI=1S/C29H31F/c1-3-5-22-6-8-23(9-7-22)12-15-25-16-17-27-20-26(18-19-28(27)29(25)30)24-13-10-21(4-2)11-14-24/h6-9,16-21,24H,3-5,10-11,13-14H2,1-2H3. The average molecular weight is 399 g/mol. The molecule has 0 radical (unpaired) electrons. The third kappa shape index (κ3) is 4.59. The maximum atomic E-state index is 15.1. The van der Waals surface area contributed by atoms with Crippen LogP contribution in [0.4, 0.5) is 4.39 Å². The molecule has 0 spiro atoms. The van der Waals surface area contributed by atoms with Gasteiger partial charge < -0.3 is 0 Å². The van der Waals surface area contributed by atoms with E-state index in [1.807, 2.05) is 30.3 Å². The van der Waals surface area contributed by atoms with E-state index in [-0.39, 0.29) is 5.82 Å². The maximum Gasteiger partial charge on any atom is 0.146 e. The highest BCUT2D eigenvalue weighted by Crippen LogP contribution is 2.38. The second kappa shape index (κ2) is 9.48. The highest BCUT2D eigenvalue weighted by Gasteiger charge is 2.21. The van der Waals surface area contributed by atoms with Gasteiger partial charge in [-0.2, -0.15) is 0 Å². The highest BCUT2D eigenvalue weighted by molar-refractivity contribution is 5.85. The van der Waals surface area contributed by atoms with Crippen LogP contribution in [0.3, 0.4) is 0 Å². The van der Waals surface area contributed by atoms with Gasteiger partial charge in [-0.3, -0.25) is 0 Å². The maximum absolute atomic E-state index is 15.1. The number of hydrogen-bond acceptors (Lipinski definition) is 0. The highest BCUT2D eigenvalue weighted by atomic mass is 19.1. The normalized spacial score (nSPS) is 18.8. The Morgan fingerprint density at radius 2 is 1.63 bits per heavy atom. The number of rotatable bonds is 4. The van der Waals surface area contributed by atoms with Crippen LogP contribution in [0.1, 0.15) is 80.5 Å². The zero-order chi connectivity index (χ0) is 20.9. The third-order valence-electron chi connectivity index (χ3n) is 6.71. The van der Waals surface area contributed by atoms with Gasteiger partial charge in [-0.1, -0.05) is 74.9 Å². The molecule has 3 aromatic carbocycles. The van der Waals surface area contributed by atoms with Crippen LogP contribution in [-0.4, -0.2) is 0 Å². The van der Waals surface area contributed by atoms with Crippen molar-refractivity contribution in [1.29, 1.82) is 0 Å². The molecule has 4 rings (SSSR count). The Bertz CT molecular complexity index is 1060. The molecule has 30 heavy (non-hydrogen) atoms. The molecule has 0 unspecified atom stereocenters. The van der Waals surface area contributed by atoms with Crippen molar-refractivity contribution < 1.29 is 4.39 Å². The fourth-order valence-corrected chi connectivity index (χ4v) is 4.75. The summed E-state index contributed by atoms with van der Waals surface area (Å²) in [6, 6.07) is 18.4. The summed E-state index contributed by atoms with van der Waals surface area (Å²) in [6.45, 7) is 4.47. The monoisotopic (exact) mass is 398 g/mol. The van der Waals surface area contributed by atoms with Crippen LogP contribution in [0.25, 0.3) is 10.8 Å². The second-order valence-electron chi connectivity index (χ2n) is 8.73. The molecular weight excluding hydrogens is 367 g/mol. The molecule has 0 atom stereocenters. The SMILES string of the molecule is CCCc1ccc(C#Cc2ccc3cc(C4CCC(CC)CC4)ccc3c2F)cc1. The number of benzene rings is 3. The molecule has 0 heterocycles. The summed E-state index contributed by atoms with van der Waals surface area (Å²) in [6.07, 6.45) is 8.66. The lowest BCUT2D eigenvalue weighted by Gasteiger charge is -2.28. The molecule has 154 valence electrons. The summed E-state index contributed by atoms with van der Waals surface area (Å²) in [5.74, 6) is 7.46. The third-order valence-corrected chi connectivity index (χ3v) is 6.71. The van der Waals surface area contributed by atoms with Crippen LogP contribution in [0.15, 0.2) is 54.6 Å². The first-order valence-electron chi connectivity index (χ1n) is 11.5. The minimum absolute atomic E-state index is 0.205. The number of fused-ring (bicyclic) bond motifs is 1. The Labute approximate surface area is 180 Å². The van der Waals surface area contributed by atoms with Crippen molar-refractivity contribution in [3.8, 4) is 11.8 Å². The van der Waals surface area contributed by atoms with Crippen molar-refractivity contribution in [3.05, 3.63) is 82.7 Å². The molecule has 0 N–H and O–H groups in total. The van der Waals surface area contributed by atoms with E-state index < -0.39 is 0 Å². The minimum Gasteiger partial charge on any atom is -0.205 e. The van der Waals surface area contributed by atoms with Gasteiger partial charge in [0.1, 0.15) is 5.82 Å². The zero-order valence-electron chi connectivity index (χ0n) is 18.2. The van der Waals surface area contributed by atoms with Crippen LogP contribution in [0.5, 0.6) is 0 Å². The summed E-state index contributed by atoms with van der Waals surface area (Å²) in [7, 11) is 0. The quantitative estimate of drug-likeness (QED) is 0.390. The van der Waals surface area contributed by atoms with Crippen molar-refractivity contribution in [2.75, 3.05) is 0 Å². The van der Waals surface area contributed by atoms with E-state index in [4.69, 9.17) is 0 Å². The van der Waals surface area contributed by atoms with E-state index in [0.717, 1.165) is 29.7 Å². The molecule has 0 nitrogen and oxygen atoms in total. The van der Waals surface area contributed by atoms with E-state index in [2.05, 4.69) is 50.0 Å². The van der Waals surface area contributed by atoms with E-state index in [9.17, 15) is 0 Å². The fraction of sp³-hybridized carbons (Fsp3) is 0.379. The van der Waals surface area contributed by atoms with Gasteiger partial charge in [0.25, 0.3) is 0 Å². The molecular formula is C29H31F. The van der Waals surface area contributed by atoms with E-state index in [1.165, 1.54) is 43.2 Å². The van der Waals surface area contributed by atoms with Crippen LogP contribution in [-0.2, 0) is 6.42 Å². The first kappa shape index (κ1) is 20.7. The lowest BCUT2D eigenvalue weighted by Crippen LogP contribution is -2.12. The largest absolute Gasteiger partial charge is 0.205 e. The van der Waals surface area contributed by atoms with E-state index in [1.54, 1.807) is 0 Å². The first-order valence-corrected chi connectivity index (χ1v) is 11.5. The molecule has 1 aliphatic rings. The molecule has 3 aromatic rings. The Morgan fingerprint density at radius 1 is 0.867 bits per heavy atom. The van der Waals surface area contributed by atoms with Gasteiger partial charge in [-0.15, -0.1) is 0 Å². The van der Waals surface area contributed by atoms with Crippen molar-refractivity contribution in [1.82, 2.24) is 0 Å². The summed E-state index contributed by atoms with van der Waals surface area (Å²) in [5, 5.41) is 1.66. The number of halogens is 1. The summed E-state index contributed by atoms with van der Waals surface area (Å²) >= 11 is 0. The lowest BCUT2D eigenvalue weighted by molar-refractivity contribution is 0.319. The number of aryl methyl sites for hydroxylation is 1. The van der Waals surface area contributed by atoms with Crippen LogP contribution >= 0.6 is 0 Å². The van der Waals surface area contributed by atoms with E-state index >= 15 is 4.39 Å². The lowest BCUT2D eigenvalue weighted by atomic mass is 9.77. The predicted molar refractivity (Wildman–Crippen MR) is 125 cm³/mol. The summed E-state index contributed by atoms with van der Waals surface area (Å²) in [4.78, 5) is 0. The van der Waals surface area contributed by atoms with E-state index in [0.29, 0.717) is 16.9 Å². The topological polar surface area (TPSA) is 0 Å². The van der Waals surface area contributed by atoms with Gasteiger partial charge >= 0.3 is 0 Å². The van der Waals surface area contributed by atoms with Gasteiger partial charge in [0, 0.05) is 10.9 Å². The Hall–Kier alpha value is -2.59. The Morgan fingerprint density at radius 3 is 2.33 bits per heavy atom. The first-order chi connectivity index (χ1) is 14.7. The average Bonchev–Trinajstić information content (AvgIpc) is 2.80. The molecule has 0 aliphatic heterocycles. The molecule has 0 bridgehead atoms. The Balaban J connectivity index is 1.55. The van der Waals surface area contributed by atoms with Crippen molar-refractivity contribution in [3.63, 3.8) is 0 Å². The van der Waals surface area contributed by atoms with Crippen molar-refractivity contribution >= 4 is 10.8 Å². The van der Waals surface area contributed by atoms with Crippen molar-refractivity contribution in [2.45, 2.75) is 64.7 Å². The number of hydrogen-bond donors (Lipinski definition) is 0. The molecule has 0 amide bonds. The fourth-order valence-electron chi connectivity index (χ4n) is 4.75. The predicted octanol–water partition coefficient (Wildman–Crippen LogP) is 8.02. The Kier molecular flexibility index (Phi) is 6.53. The molecule has 0 aromatic heterocycles. The van der Waals surface area contributed by atoms with Gasteiger partial charge in [0.2, 0.25) is 0 Å². The smallest absolute Gasteiger partial charge is 0.146 e. The summed E-state index contributed by atoms with van der Waals surface area (Å²) in [5.41, 5.74) is 4.07. The van der Waals surface area contributed by atoms with Crippen LogP contribution in [0, 0.1) is 23.6 Å². The molecule has 0 saturated heterocycles. The van der Waals surface area contributed by atoms with Gasteiger partial charge in [-0.05, 0) is 78.7 Å². The molecule has 1 saturated carbocycles. The van der Waals surface area contributed by atoms with Crippen molar-refractivity contribution in [2.24, 2.45) is 5.92 Å². The molecule has 1 heteroatoms. The summed E-state index contributed by atoms with van der Waals surface area (Å²) < 4.78 is 15.1. The van der Waals surface area contributed by atoms with Gasteiger partial charge in [0.05, 0.1) is 5.56 Å². The van der Waals surface area contributed by atoms with Crippen LogP contribution < -0.4 is 0 Å². The van der Waals surface area contributed by atoms with Crippen LogP contribution in [0.2, 0.25) is 0 Å². The zero-order valence-corrected chi connectivity index (χ0v) is 18.2.